The van der Waals surface area contributed by atoms with Gasteiger partial charge in [-0.05, 0) is 48.9 Å². The first kappa shape index (κ1) is 22.2. The Morgan fingerprint density at radius 1 is 1.15 bits per heavy atom. The van der Waals surface area contributed by atoms with Crippen LogP contribution in [0, 0.1) is 0 Å². The summed E-state index contributed by atoms with van der Waals surface area (Å²) in [6, 6.07) is 13.5. The van der Waals surface area contributed by atoms with Gasteiger partial charge in [-0.15, -0.1) is 35.1 Å². The molecule has 9 heteroatoms. The van der Waals surface area contributed by atoms with E-state index in [2.05, 4.69) is 23.2 Å². The quantitative estimate of drug-likeness (QED) is 0.384. The highest BCUT2D eigenvalue weighted by molar-refractivity contribution is 7.23. The Morgan fingerprint density at radius 3 is 2.85 bits per heavy atom. The highest BCUT2D eigenvalue weighted by Gasteiger charge is 2.28. The number of hydrogen-bond donors (Lipinski definition) is 1. The third-order valence-corrected chi connectivity index (χ3v) is 8.14. The molecule has 0 fully saturated rings. The summed E-state index contributed by atoms with van der Waals surface area (Å²) < 4.78 is 12.0. The number of likely N-dealkylation sites (N-methyl/N-ethyl adjacent to an activating group) is 1. The van der Waals surface area contributed by atoms with Crippen molar-refractivity contribution in [2.45, 2.75) is 19.9 Å². The molecule has 2 aromatic carbocycles. The Morgan fingerprint density at radius 2 is 2.00 bits per heavy atom. The second-order valence-corrected chi connectivity index (χ2v) is 9.97. The number of nitrogens with zero attached hydrogens (tertiary/aromatic N) is 2. The van der Waals surface area contributed by atoms with E-state index in [1.807, 2.05) is 18.2 Å². The van der Waals surface area contributed by atoms with Gasteiger partial charge >= 0.3 is 0 Å². The zero-order chi connectivity index (χ0) is 21.7. The molecule has 33 heavy (non-hydrogen) atoms. The van der Waals surface area contributed by atoms with Crippen LogP contribution < -0.4 is 14.8 Å². The molecule has 0 unspecified atom stereocenters. The average Bonchev–Trinajstić information content (AvgIpc) is 3.53. The zero-order valence-corrected chi connectivity index (χ0v) is 20.4. The molecule has 6 rings (SSSR count). The van der Waals surface area contributed by atoms with Gasteiger partial charge in [0.2, 0.25) is 6.79 Å². The number of carbonyl (C=O) groups is 1. The molecular formula is C24H22ClN3O3S2. The van der Waals surface area contributed by atoms with Gasteiger partial charge in [0.25, 0.3) is 5.91 Å². The Hall–Kier alpha value is -2.65. The lowest BCUT2D eigenvalue weighted by molar-refractivity contribution is 0.102. The standard InChI is InChI=1S/C24H21N3O3S2.ClH/c1-2-27-10-9-15-20(12-27)32-24(21(15)23-25-16-5-3-4-6-19(16)31-23)26-22(28)14-7-8-17-18(11-14)30-13-29-17;/h3-8,11H,2,9-10,12-13H2,1H3,(H,26,28);1H. The summed E-state index contributed by atoms with van der Waals surface area (Å²) in [7, 11) is 0. The van der Waals surface area contributed by atoms with Gasteiger partial charge in [0.15, 0.2) is 11.5 Å². The first-order valence-corrected chi connectivity index (χ1v) is 12.3. The van der Waals surface area contributed by atoms with Crippen molar-refractivity contribution in [2.75, 3.05) is 25.2 Å². The zero-order valence-electron chi connectivity index (χ0n) is 17.9. The molecule has 0 saturated heterocycles. The van der Waals surface area contributed by atoms with Crippen LogP contribution in [0.4, 0.5) is 5.00 Å². The van der Waals surface area contributed by atoms with Crippen LogP contribution in [0.15, 0.2) is 42.5 Å². The van der Waals surface area contributed by atoms with Crippen LogP contribution in [0.25, 0.3) is 20.8 Å². The summed E-state index contributed by atoms with van der Waals surface area (Å²) in [5.41, 5.74) is 3.94. The van der Waals surface area contributed by atoms with Crippen molar-refractivity contribution < 1.29 is 14.3 Å². The summed E-state index contributed by atoms with van der Waals surface area (Å²) in [6.45, 7) is 5.33. The van der Waals surface area contributed by atoms with E-state index in [-0.39, 0.29) is 25.1 Å². The maximum Gasteiger partial charge on any atom is 0.256 e. The van der Waals surface area contributed by atoms with Gasteiger partial charge in [-0.3, -0.25) is 9.69 Å². The van der Waals surface area contributed by atoms with Gasteiger partial charge in [0, 0.05) is 29.1 Å². The lowest BCUT2D eigenvalue weighted by atomic mass is 10.0. The number of benzene rings is 2. The Labute approximate surface area is 205 Å². The van der Waals surface area contributed by atoms with E-state index in [0.717, 1.165) is 51.8 Å². The van der Waals surface area contributed by atoms with Gasteiger partial charge in [-0.1, -0.05) is 19.1 Å². The van der Waals surface area contributed by atoms with Crippen LogP contribution in [0.2, 0.25) is 0 Å². The number of para-hydroxylation sites is 1. The van der Waals surface area contributed by atoms with Gasteiger partial charge in [0.1, 0.15) is 10.0 Å². The Kier molecular flexibility index (Phi) is 6.01. The number of aromatic nitrogens is 1. The van der Waals surface area contributed by atoms with E-state index < -0.39 is 0 Å². The molecular weight excluding hydrogens is 478 g/mol. The number of anilines is 1. The van der Waals surface area contributed by atoms with E-state index >= 15 is 0 Å². The van der Waals surface area contributed by atoms with Crippen LogP contribution in [0.1, 0.15) is 27.7 Å². The lowest BCUT2D eigenvalue weighted by Gasteiger charge is -2.25. The lowest BCUT2D eigenvalue weighted by Crippen LogP contribution is -2.29. The molecule has 1 N–H and O–H groups in total. The maximum absolute atomic E-state index is 13.2. The number of thiophene rings is 1. The molecule has 0 bridgehead atoms. The number of halogens is 1. The second-order valence-electron chi connectivity index (χ2n) is 7.84. The smallest absolute Gasteiger partial charge is 0.256 e. The summed E-state index contributed by atoms with van der Waals surface area (Å²) >= 11 is 3.35. The summed E-state index contributed by atoms with van der Waals surface area (Å²) in [5, 5.41) is 5.02. The van der Waals surface area contributed by atoms with E-state index in [1.165, 1.54) is 10.4 Å². The van der Waals surface area contributed by atoms with E-state index in [4.69, 9.17) is 14.5 Å². The minimum absolute atomic E-state index is 0. The van der Waals surface area contributed by atoms with Gasteiger partial charge < -0.3 is 14.8 Å². The molecule has 4 heterocycles. The van der Waals surface area contributed by atoms with Crippen molar-refractivity contribution in [3.8, 4) is 22.1 Å². The van der Waals surface area contributed by atoms with Gasteiger partial charge in [0.05, 0.1) is 10.2 Å². The molecule has 0 atom stereocenters. The van der Waals surface area contributed by atoms with Crippen LogP contribution in [-0.4, -0.2) is 35.7 Å². The van der Waals surface area contributed by atoms with Gasteiger partial charge in [-0.25, -0.2) is 4.98 Å². The van der Waals surface area contributed by atoms with E-state index in [0.29, 0.717) is 17.1 Å². The molecule has 170 valence electrons. The van der Waals surface area contributed by atoms with Crippen molar-refractivity contribution in [1.82, 2.24) is 9.88 Å². The first-order valence-electron chi connectivity index (χ1n) is 10.6. The third-order valence-electron chi connectivity index (χ3n) is 5.95. The normalized spacial score (nSPS) is 14.7. The predicted molar refractivity (Wildman–Crippen MR) is 135 cm³/mol. The van der Waals surface area contributed by atoms with Crippen molar-refractivity contribution in [3.05, 3.63) is 58.5 Å². The Bertz CT molecular complexity index is 1320. The Balaban J connectivity index is 0.00000228. The fourth-order valence-electron chi connectivity index (χ4n) is 4.23. The first-order chi connectivity index (χ1) is 15.7. The number of fused-ring (bicyclic) bond motifs is 3. The molecule has 2 aliphatic heterocycles. The minimum Gasteiger partial charge on any atom is -0.454 e. The summed E-state index contributed by atoms with van der Waals surface area (Å²) in [5.74, 6) is 1.12. The topological polar surface area (TPSA) is 63.7 Å². The van der Waals surface area contributed by atoms with Crippen LogP contribution >= 0.6 is 35.1 Å². The fourth-order valence-corrected chi connectivity index (χ4v) is 6.63. The number of carbonyl (C=O) groups excluding carboxylic acids is 1. The SMILES string of the molecule is CCN1CCc2c(sc(NC(=O)c3ccc4c(c3)OCO4)c2-c2nc3ccccc3s2)C1.Cl. The van der Waals surface area contributed by atoms with E-state index in [9.17, 15) is 4.79 Å². The largest absolute Gasteiger partial charge is 0.454 e. The van der Waals surface area contributed by atoms with Gasteiger partial charge in [-0.2, -0.15) is 0 Å². The molecule has 0 radical (unpaired) electrons. The highest BCUT2D eigenvalue weighted by atomic mass is 35.5. The molecule has 6 nitrogen and oxygen atoms in total. The summed E-state index contributed by atoms with van der Waals surface area (Å²) in [4.78, 5) is 21.8. The molecule has 2 aromatic heterocycles. The second kappa shape index (κ2) is 8.95. The van der Waals surface area contributed by atoms with Crippen LogP contribution in [-0.2, 0) is 13.0 Å². The van der Waals surface area contributed by atoms with Crippen molar-refractivity contribution >= 4 is 56.2 Å². The molecule has 4 aromatic rings. The van der Waals surface area contributed by atoms with Crippen molar-refractivity contribution in [2.24, 2.45) is 0 Å². The number of rotatable bonds is 4. The van der Waals surface area contributed by atoms with Crippen molar-refractivity contribution in [3.63, 3.8) is 0 Å². The number of hydrogen-bond acceptors (Lipinski definition) is 7. The fraction of sp³-hybridized carbons (Fsp3) is 0.250. The van der Waals surface area contributed by atoms with Crippen LogP contribution in [0.3, 0.4) is 0 Å². The number of thiazole rings is 1. The molecule has 2 aliphatic rings. The third kappa shape index (κ3) is 3.97. The number of nitrogens with one attached hydrogen (secondary N) is 1. The molecule has 0 aliphatic carbocycles. The summed E-state index contributed by atoms with van der Waals surface area (Å²) in [6.07, 6.45) is 0.963. The van der Waals surface area contributed by atoms with E-state index in [1.54, 1.807) is 40.9 Å². The minimum atomic E-state index is -0.156. The van der Waals surface area contributed by atoms with Crippen LogP contribution in [0.5, 0.6) is 11.5 Å². The monoisotopic (exact) mass is 499 g/mol. The number of amides is 1. The van der Waals surface area contributed by atoms with Crippen molar-refractivity contribution in [1.29, 1.82) is 0 Å². The molecule has 0 saturated carbocycles. The maximum atomic E-state index is 13.2. The molecule has 1 amide bonds. The number of ether oxygens (including phenoxy) is 2. The average molecular weight is 500 g/mol. The highest BCUT2D eigenvalue weighted by Crippen LogP contribution is 2.46. The molecule has 0 spiro atoms. The predicted octanol–water partition coefficient (Wildman–Crippen LogP) is 5.81.